The minimum absolute atomic E-state index is 0.0791. The summed E-state index contributed by atoms with van der Waals surface area (Å²) in [4.78, 5) is 38.9. The monoisotopic (exact) mass is 359 g/mol. The molecule has 0 atom stereocenters. The van der Waals surface area contributed by atoms with Gasteiger partial charge in [-0.15, -0.1) is 0 Å². The van der Waals surface area contributed by atoms with E-state index in [1.54, 1.807) is 17.0 Å². The molecule has 140 valence electrons. The number of anilines is 2. The molecule has 0 bridgehead atoms. The highest BCUT2D eigenvalue weighted by atomic mass is 16.6. The summed E-state index contributed by atoms with van der Waals surface area (Å²) in [5, 5.41) is 2.81. The van der Waals surface area contributed by atoms with Crippen molar-refractivity contribution in [1.82, 2.24) is 4.90 Å². The molecule has 1 aromatic carbocycles. The molecule has 3 amide bonds. The van der Waals surface area contributed by atoms with Gasteiger partial charge in [0.15, 0.2) is 0 Å². The smallest absolute Gasteiger partial charge is 0.414 e. The van der Waals surface area contributed by atoms with Crippen molar-refractivity contribution >= 4 is 29.3 Å². The molecular weight excluding hydrogens is 334 g/mol. The third kappa shape index (κ3) is 4.62. The second-order valence-electron chi connectivity index (χ2n) is 7.13. The van der Waals surface area contributed by atoms with Crippen LogP contribution in [0, 0.1) is 0 Å². The number of likely N-dealkylation sites (N-methyl/N-ethyl adjacent to an activating group) is 1. The van der Waals surface area contributed by atoms with Crippen molar-refractivity contribution in [2.24, 2.45) is 0 Å². The van der Waals surface area contributed by atoms with Gasteiger partial charge in [0.1, 0.15) is 5.60 Å². The number of ether oxygens (including phenoxy) is 1. The number of amides is 3. The van der Waals surface area contributed by atoms with Crippen LogP contribution >= 0.6 is 0 Å². The van der Waals surface area contributed by atoms with Crippen molar-refractivity contribution in [3.05, 3.63) is 36.4 Å². The van der Waals surface area contributed by atoms with Gasteiger partial charge in [0.25, 0.3) is 0 Å². The highest BCUT2D eigenvalue weighted by Crippen LogP contribution is 2.34. The molecule has 2 rings (SSSR count). The summed E-state index contributed by atoms with van der Waals surface area (Å²) in [5.41, 5.74) is 1.67. The molecule has 0 spiro atoms. The van der Waals surface area contributed by atoms with E-state index in [2.05, 4.69) is 11.9 Å². The van der Waals surface area contributed by atoms with E-state index in [0.717, 1.165) is 17.3 Å². The predicted octanol–water partition coefficient (Wildman–Crippen LogP) is 2.57. The predicted molar refractivity (Wildman–Crippen MR) is 100 cm³/mol. The number of benzene rings is 1. The second kappa shape index (κ2) is 7.59. The molecule has 0 radical (unpaired) electrons. The van der Waals surface area contributed by atoms with Crippen molar-refractivity contribution in [1.29, 1.82) is 0 Å². The number of carbonyl (C=O) groups is 3. The average molecular weight is 359 g/mol. The minimum atomic E-state index is -0.575. The minimum Gasteiger partial charge on any atom is -0.443 e. The Bertz CT molecular complexity index is 737. The van der Waals surface area contributed by atoms with Gasteiger partial charge in [-0.2, -0.15) is 0 Å². The van der Waals surface area contributed by atoms with Crippen molar-refractivity contribution in [2.45, 2.75) is 32.8 Å². The summed E-state index contributed by atoms with van der Waals surface area (Å²) in [7, 11) is 1.53. The molecule has 0 aromatic heterocycles. The van der Waals surface area contributed by atoms with Crippen LogP contribution in [0.5, 0.6) is 0 Å². The fourth-order valence-corrected chi connectivity index (χ4v) is 2.70. The first-order valence-electron chi connectivity index (χ1n) is 8.42. The van der Waals surface area contributed by atoms with E-state index in [1.807, 2.05) is 26.8 Å². The zero-order valence-corrected chi connectivity index (χ0v) is 15.7. The first-order valence-corrected chi connectivity index (χ1v) is 8.42. The van der Waals surface area contributed by atoms with Crippen LogP contribution in [0.4, 0.5) is 16.2 Å². The van der Waals surface area contributed by atoms with E-state index in [4.69, 9.17) is 4.74 Å². The van der Waals surface area contributed by atoms with Gasteiger partial charge in [-0.25, -0.2) is 4.79 Å². The van der Waals surface area contributed by atoms with Gasteiger partial charge in [0.05, 0.1) is 12.2 Å². The zero-order valence-electron chi connectivity index (χ0n) is 15.7. The third-order valence-electron chi connectivity index (χ3n) is 3.85. The normalized spacial score (nSPS) is 13.0. The fourth-order valence-electron chi connectivity index (χ4n) is 2.70. The lowest BCUT2D eigenvalue weighted by Gasteiger charge is -2.25. The molecule has 26 heavy (non-hydrogen) atoms. The Kier molecular flexibility index (Phi) is 5.69. The number of hydrogen-bond acceptors (Lipinski definition) is 4. The van der Waals surface area contributed by atoms with Crippen molar-refractivity contribution in [3.8, 4) is 0 Å². The molecule has 1 N–H and O–H groups in total. The summed E-state index contributed by atoms with van der Waals surface area (Å²) >= 11 is 0. The van der Waals surface area contributed by atoms with Crippen LogP contribution < -0.4 is 10.2 Å². The fraction of sp³-hybridized carbons (Fsp3) is 0.421. The van der Waals surface area contributed by atoms with Crippen LogP contribution in [0.25, 0.3) is 0 Å². The van der Waals surface area contributed by atoms with Gasteiger partial charge in [-0.1, -0.05) is 12.6 Å². The maximum Gasteiger partial charge on any atom is 0.414 e. The van der Waals surface area contributed by atoms with Gasteiger partial charge < -0.3 is 15.0 Å². The highest BCUT2D eigenvalue weighted by molar-refractivity contribution is 5.99. The molecule has 0 fully saturated rings. The lowest BCUT2D eigenvalue weighted by atomic mass is 10.1. The molecule has 0 saturated heterocycles. The van der Waals surface area contributed by atoms with Crippen molar-refractivity contribution in [3.63, 3.8) is 0 Å². The molecule has 1 heterocycles. The van der Waals surface area contributed by atoms with Crippen LogP contribution in [0.2, 0.25) is 0 Å². The van der Waals surface area contributed by atoms with Gasteiger partial charge in [0, 0.05) is 24.8 Å². The van der Waals surface area contributed by atoms with E-state index in [0.29, 0.717) is 18.7 Å². The van der Waals surface area contributed by atoms with Gasteiger partial charge in [0.2, 0.25) is 11.8 Å². The second-order valence-corrected chi connectivity index (χ2v) is 7.13. The highest BCUT2D eigenvalue weighted by Gasteiger charge is 2.30. The Morgan fingerprint density at radius 3 is 2.65 bits per heavy atom. The largest absolute Gasteiger partial charge is 0.443 e. The number of rotatable bonds is 4. The number of nitrogens with zero attached hydrogens (tertiary/aromatic N) is 2. The Balaban J connectivity index is 2.12. The van der Waals surface area contributed by atoms with Gasteiger partial charge >= 0.3 is 6.09 Å². The molecule has 7 heteroatoms. The molecule has 7 nitrogen and oxygen atoms in total. The molecule has 0 unspecified atom stereocenters. The maximum atomic E-state index is 12.4. The Morgan fingerprint density at radius 1 is 1.35 bits per heavy atom. The molecule has 0 aliphatic carbocycles. The number of fused-ring (bicyclic) bond motifs is 1. The molecule has 1 aromatic rings. The number of nitrogens with one attached hydrogen (secondary N) is 1. The van der Waals surface area contributed by atoms with E-state index in [1.165, 1.54) is 11.9 Å². The molecule has 0 saturated carbocycles. The molecular formula is C19H25N3O4. The number of carbonyl (C=O) groups excluding carboxylic acids is 3. The topological polar surface area (TPSA) is 79.0 Å². The zero-order chi connectivity index (χ0) is 19.5. The molecule has 1 aliphatic heterocycles. The van der Waals surface area contributed by atoms with E-state index < -0.39 is 11.7 Å². The standard InChI is InChI=1S/C19H25N3O4/c1-6-17(24)21(5)12-16(23)20-14-8-7-9-15-13(14)10-11-22(15)18(25)26-19(2,3)4/h6-9H,1,10-12H2,2-5H3,(H,20,23). The van der Waals surface area contributed by atoms with Crippen LogP contribution in [0.15, 0.2) is 30.9 Å². The molecule has 1 aliphatic rings. The third-order valence-corrected chi connectivity index (χ3v) is 3.85. The number of hydrogen-bond donors (Lipinski definition) is 1. The lowest BCUT2D eigenvalue weighted by Crippen LogP contribution is -2.35. The summed E-state index contributed by atoms with van der Waals surface area (Å²) < 4.78 is 5.44. The van der Waals surface area contributed by atoms with E-state index in [-0.39, 0.29) is 18.4 Å². The maximum absolute atomic E-state index is 12.4. The average Bonchev–Trinajstić information content (AvgIpc) is 2.97. The van der Waals surface area contributed by atoms with Gasteiger partial charge in [-0.3, -0.25) is 14.5 Å². The van der Waals surface area contributed by atoms with Crippen molar-refractivity contribution in [2.75, 3.05) is 30.4 Å². The Morgan fingerprint density at radius 2 is 2.04 bits per heavy atom. The van der Waals surface area contributed by atoms with E-state index >= 15 is 0 Å². The van der Waals surface area contributed by atoms with Crippen LogP contribution in [-0.4, -0.2) is 48.5 Å². The summed E-state index contributed by atoms with van der Waals surface area (Å²) in [6.07, 6.45) is 1.37. The first-order chi connectivity index (χ1) is 12.1. The summed E-state index contributed by atoms with van der Waals surface area (Å²) in [6, 6.07) is 5.38. The Labute approximate surface area is 153 Å². The SMILES string of the molecule is C=CC(=O)N(C)CC(=O)Nc1cccc2c1CCN2C(=O)OC(C)(C)C. The quantitative estimate of drug-likeness (QED) is 0.838. The lowest BCUT2D eigenvalue weighted by molar-refractivity contribution is -0.129. The van der Waals surface area contributed by atoms with Gasteiger partial charge in [-0.05, 0) is 45.4 Å². The van der Waals surface area contributed by atoms with Crippen LogP contribution in [0.3, 0.4) is 0 Å². The summed E-state index contributed by atoms with van der Waals surface area (Å²) in [5.74, 6) is -0.638. The first kappa shape index (κ1) is 19.5. The van der Waals surface area contributed by atoms with E-state index in [9.17, 15) is 14.4 Å². The summed E-state index contributed by atoms with van der Waals surface area (Å²) in [6.45, 7) is 9.27. The van der Waals surface area contributed by atoms with Crippen LogP contribution in [0.1, 0.15) is 26.3 Å². The van der Waals surface area contributed by atoms with Crippen molar-refractivity contribution < 1.29 is 19.1 Å². The Hall–Kier alpha value is -2.83. The van der Waals surface area contributed by atoms with Crippen LogP contribution in [-0.2, 0) is 20.7 Å².